The van der Waals surface area contributed by atoms with Crippen LogP contribution in [0, 0.1) is 11.8 Å². The Morgan fingerprint density at radius 2 is 2.50 bits per heavy atom. The molecule has 0 aliphatic rings. The van der Waals surface area contributed by atoms with Crippen molar-refractivity contribution < 1.29 is 4.79 Å². The van der Waals surface area contributed by atoms with Gasteiger partial charge in [0.25, 0.3) is 5.91 Å². The first-order valence-corrected chi connectivity index (χ1v) is 7.11. The number of nitrogens with one attached hydrogen (secondary N) is 1. The summed E-state index contributed by atoms with van der Waals surface area (Å²) >= 11 is 1.38. The first-order chi connectivity index (χ1) is 9.70. The highest BCUT2D eigenvalue weighted by molar-refractivity contribution is 7.12. The maximum Gasteiger partial charge on any atom is 0.262 e. The molecule has 0 spiro atoms. The summed E-state index contributed by atoms with van der Waals surface area (Å²) in [5.41, 5.74) is 6.08. The summed E-state index contributed by atoms with van der Waals surface area (Å²) in [5, 5.41) is 4.82. The lowest BCUT2D eigenvalue weighted by molar-refractivity contribution is 0.0940. The van der Waals surface area contributed by atoms with Gasteiger partial charge in [-0.15, -0.1) is 11.3 Å². The highest BCUT2D eigenvalue weighted by atomic mass is 32.1. The molecule has 1 amide bonds. The van der Waals surface area contributed by atoms with E-state index in [0.717, 1.165) is 5.56 Å². The van der Waals surface area contributed by atoms with Gasteiger partial charge in [0.05, 0.1) is 12.9 Å². The average Bonchev–Trinajstić information content (AvgIpc) is 3.06. The van der Waals surface area contributed by atoms with Gasteiger partial charge in [-0.05, 0) is 18.4 Å². The third-order valence-electron chi connectivity index (χ3n) is 2.62. The van der Waals surface area contributed by atoms with Crippen molar-refractivity contribution in [2.45, 2.75) is 19.5 Å². The number of amides is 1. The van der Waals surface area contributed by atoms with E-state index in [1.165, 1.54) is 11.3 Å². The molecule has 20 heavy (non-hydrogen) atoms. The molecule has 2 aromatic rings. The monoisotopic (exact) mass is 288 g/mol. The molecule has 2 rings (SSSR count). The molecule has 0 radical (unpaired) electrons. The molecule has 104 valence electrons. The second-order valence-corrected chi connectivity index (χ2v) is 5.22. The highest BCUT2D eigenvalue weighted by Gasteiger charge is 2.14. The molecule has 3 N–H and O–H groups in total. The van der Waals surface area contributed by atoms with Crippen molar-refractivity contribution in [3.63, 3.8) is 0 Å². The van der Waals surface area contributed by atoms with Crippen molar-refractivity contribution in [1.82, 2.24) is 14.9 Å². The third kappa shape index (κ3) is 3.70. The van der Waals surface area contributed by atoms with Crippen LogP contribution >= 0.6 is 11.3 Å². The Labute approximate surface area is 121 Å². The minimum absolute atomic E-state index is 0.00844. The van der Waals surface area contributed by atoms with Crippen molar-refractivity contribution in [1.29, 1.82) is 0 Å². The zero-order valence-corrected chi connectivity index (χ0v) is 12.0. The number of thiophene rings is 1. The van der Waals surface area contributed by atoms with Crippen molar-refractivity contribution in [2.24, 2.45) is 5.73 Å². The largest absolute Gasteiger partial charge is 0.347 e. The Morgan fingerprint density at radius 1 is 1.65 bits per heavy atom. The van der Waals surface area contributed by atoms with Gasteiger partial charge in [-0.1, -0.05) is 11.8 Å². The molecule has 2 aromatic heterocycles. The molecule has 0 saturated heterocycles. The number of aromatic nitrogens is 2. The second kappa shape index (κ2) is 6.89. The van der Waals surface area contributed by atoms with Crippen LogP contribution in [0.4, 0.5) is 0 Å². The van der Waals surface area contributed by atoms with Gasteiger partial charge < -0.3 is 15.6 Å². The number of rotatable bonds is 4. The van der Waals surface area contributed by atoms with Gasteiger partial charge in [0.1, 0.15) is 4.88 Å². The zero-order valence-electron chi connectivity index (χ0n) is 11.2. The van der Waals surface area contributed by atoms with E-state index in [4.69, 9.17) is 5.73 Å². The smallest absolute Gasteiger partial charge is 0.262 e. The molecule has 0 fully saturated rings. The number of hydrogen-bond donors (Lipinski definition) is 2. The molecule has 0 saturated carbocycles. The van der Waals surface area contributed by atoms with Gasteiger partial charge in [-0.2, -0.15) is 0 Å². The van der Waals surface area contributed by atoms with Gasteiger partial charge in [0, 0.05) is 30.5 Å². The second-order valence-electron chi connectivity index (χ2n) is 4.30. The number of imidazole rings is 1. The van der Waals surface area contributed by atoms with Crippen LogP contribution in [0.2, 0.25) is 0 Å². The summed E-state index contributed by atoms with van der Waals surface area (Å²) in [7, 11) is 0. The van der Waals surface area contributed by atoms with Crippen LogP contribution < -0.4 is 11.1 Å². The number of hydrogen-bond acceptors (Lipinski definition) is 4. The topological polar surface area (TPSA) is 72.9 Å². The average molecular weight is 288 g/mol. The van der Waals surface area contributed by atoms with Crippen LogP contribution in [-0.4, -0.2) is 28.0 Å². The molecule has 2 heterocycles. The molecule has 0 bridgehead atoms. The summed E-state index contributed by atoms with van der Waals surface area (Å²) in [6, 6.07) is 1.84. The molecule has 0 aromatic carbocycles. The lowest BCUT2D eigenvalue weighted by atomic mass is 10.2. The zero-order chi connectivity index (χ0) is 14.4. The van der Waals surface area contributed by atoms with Crippen LogP contribution in [0.5, 0.6) is 0 Å². The van der Waals surface area contributed by atoms with Gasteiger partial charge >= 0.3 is 0 Å². The third-order valence-corrected chi connectivity index (χ3v) is 3.53. The van der Waals surface area contributed by atoms with E-state index >= 15 is 0 Å². The Bertz CT molecular complexity index is 621. The molecule has 0 aliphatic heterocycles. The normalized spacial score (nSPS) is 11.5. The number of carbonyl (C=O) groups excluding carboxylic acids is 1. The first kappa shape index (κ1) is 14.3. The van der Waals surface area contributed by atoms with E-state index in [-0.39, 0.29) is 18.5 Å². The van der Waals surface area contributed by atoms with Crippen molar-refractivity contribution in [3.05, 3.63) is 40.6 Å². The summed E-state index contributed by atoms with van der Waals surface area (Å²) < 4.78 is 1.93. The molecule has 0 aliphatic carbocycles. The van der Waals surface area contributed by atoms with Crippen LogP contribution in [0.15, 0.2) is 30.2 Å². The molecule has 1 unspecified atom stereocenters. The quantitative estimate of drug-likeness (QED) is 0.827. The van der Waals surface area contributed by atoms with Crippen LogP contribution in [0.1, 0.15) is 22.2 Å². The Kier molecular flexibility index (Phi) is 4.93. The Morgan fingerprint density at radius 3 is 3.20 bits per heavy atom. The molecule has 6 heteroatoms. The van der Waals surface area contributed by atoms with Crippen LogP contribution in [-0.2, 0) is 6.54 Å². The maximum atomic E-state index is 12.2. The Balaban J connectivity index is 1.99. The summed E-state index contributed by atoms with van der Waals surface area (Å²) in [5.74, 6) is 5.58. The number of nitrogens with two attached hydrogens (primary N) is 1. The fourth-order valence-corrected chi connectivity index (χ4v) is 2.53. The minimum atomic E-state index is -0.103. The summed E-state index contributed by atoms with van der Waals surface area (Å²) in [4.78, 5) is 16.8. The highest BCUT2D eigenvalue weighted by Crippen LogP contribution is 2.15. The fourth-order valence-electron chi connectivity index (χ4n) is 1.78. The van der Waals surface area contributed by atoms with Crippen LogP contribution in [0.3, 0.4) is 0 Å². The molecule has 1 atom stereocenters. The lowest BCUT2D eigenvalue weighted by Gasteiger charge is -2.13. The van der Waals surface area contributed by atoms with Gasteiger partial charge in [-0.25, -0.2) is 4.98 Å². The van der Waals surface area contributed by atoms with Crippen LogP contribution in [0.25, 0.3) is 0 Å². The predicted molar refractivity (Wildman–Crippen MR) is 79.4 cm³/mol. The van der Waals surface area contributed by atoms with Gasteiger partial charge in [-0.3, -0.25) is 4.79 Å². The van der Waals surface area contributed by atoms with E-state index < -0.39 is 0 Å². The Hall–Kier alpha value is -2.10. The standard InChI is InChI=1S/C14H16N4OS/c1-11(9-18-7-6-16-10-18)17-14(19)13-12(3-2-5-15)4-8-20-13/h4,6-8,10-11H,5,9,15H2,1H3,(H,17,19). The van der Waals surface area contributed by atoms with E-state index in [9.17, 15) is 4.79 Å². The molecular weight excluding hydrogens is 272 g/mol. The molecule has 5 nitrogen and oxygen atoms in total. The fraction of sp³-hybridized carbons (Fsp3) is 0.286. The summed E-state index contributed by atoms with van der Waals surface area (Å²) in [6.07, 6.45) is 5.31. The molecular formula is C14H16N4OS. The van der Waals surface area contributed by atoms with E-state index in [1.807, 2.05) is 29.1 Å². The van der Waals surface area contributed by atoms with E-state index in [1.54, 1.807) is 12.5 Å². The minimum Gasteiger partial charge on any atom is -0.347 e. The van der Waals surface area contributed by atoms with Crippen molar-refractivity contribution in [3.8, 4) is 11.8 Å². The summed E-state index contributed by atoms with van der Waals surface area (Å²) in [6.45, 7) is 2.92. The van der Waals surface area contributed by atoms with Gasteiger partial charge in [0.15, 0.2) is 0 Å². The number of nitrogens with zero attached hydrogens (tertiary/aromatic N) is 2. The maximum absolute atomic E-state index is 12.2. The van der Waals surface area contributed by atoms with Crippen molar-refractivity contribution >= 4 is 17.2 Å². The lowest BCUT2D eigenvalue weighted by Crippen LogP contribution is -2.35. The van der Waals surface area contributed by atoms with E-state index in [2.05, 4.69) is 22.1 Å². The SMILES string of the molecule is CC(Cn1ccnc1)NC(=O)c1sccc1C#CCN. The van der Waals surface area contributed by atoms with Gasteiger partial charge in [0.2, 0.25) is 0 Å². The first-order valence-electron chi connectivity index (χ1n) is 6.23. The van der Waals surface area contributed by atoms with E-state index in [0.29, 0.717) is 11.4 Å². The van der Waals surface area contributed by atoms with Crippen molar-refractivity contribution in [2.75, 3.05) is 6.54 Å². The predicted octanol–water partition coefficient (Wildman–Crippen LogP) is 1.07. The number of carbonyl (C=O) groups is 1.